The third kappa shape index (κ3) is 8.85. The lowest BCUT2D eigenvalue weighted by molar-refractivity contribution is -0.140. The van der Waals surface area contributed by atoms with Gasteiger partial charge in [0.05, 0.1) is 10.7 Å². The largest absolute Gasteiger partial charge is 0.508 e. The number of phenolic OH excluding ortho intramolecular Hbond substituents is 1. The molecule has 3 aromatic rings. The highest BCUT2D eigenvalue weighted by molar-refractivity contribution is 6.34. The maximum Gasteiger partial charge on any atom is 0.408 e. The smallest absolute Gasteiger partial charge is 0.408 e. The summed E-state index contributed by atoms with van der Waals surface area (Å²) in [4.78, 5) is 42.6. The summed E-state index contributed by atoms with van der Waals surface area (Å²) in [6.07, 6.45) is 0.831. The Balaban J connectivity index is 2.06. The van der Waals surface area contributed by atoms with Gasteiger partial charge >= 0.3 is 6.09 Å². The zero-order valence-corrected chi connectivity index (χ0v) is 25.4. The molecule has 0 saturated heterocycles. The van der Waals surface area contributed by atoms with Crippen molar-refractivity contribution < 1.29 is 24.2 Å². The molecule has 0 aliphatic rings. The van der Waals surface area contributed by atoms with Crippen LogP contribution in [0.3, 0.4) is 0 Å². The van der Waals surface area contributed by atoms with Crippen molar-refractivity contribution in [1.82, 2.24) is 10.2 Å². The molecule has 9 heteroatoms. The second kappa shape index (κ2) is 14.0. The molecule has 3 N–H and O–H groups in total. The highest BCUT2D eigenvalue weighted by Crippen LogP contribution is 2.30. The summed E-state index contributed by atoms with van der Waals surface area (Å²) >= 11 is 6.42. The van der Waals surface area contributed by atoms with E-state index in [-0.39, 0.29) is 18.7 Å². The number of rotatable bonds is 10. The molecule has 0 aliphatic heterocycles. The summed E-state index contributed by atoms with van der Waals surface area (Å²) in [7, 11) is 0. The van der Waals surface area contributed by atoms with E-state index in [9.17, 15) is 19.5 Å². The van der Waals surface area contributed by atoms with Crippen LogP contribution in [0.15, 0.2) is 79.4 Å². The van der Waals surface area contributed by atoms with E-state index in [1.165, 1.54) is 23.1 Å². The predicted octanol–water partition coefficient (Wildman–Crippen LogP) is 6.49. The summed E-state index contributed by atoms with van der Waals surface area (Å²) in [5.41, 5.74) is 2.64. The predicted molar refractivity (Wildman–Crippen MR) is 166 cm³/mol. The van der Waals surface area contributed by atoms with Crippen molar-refractivity contribution in [3.8, 4) is 5.75 Å². The molecule has 0 bridgehead atoms. The van der Waals surface area contributed by atoms with Gasteiger partial charge in [0.1, 0.15) is 23.4 Å². The minimum absolute atomic E-state index is 0.00831. The number of halogens is 1. The molecule has 3 aromatic carbocycles. The standard InChI is InChI=1S/C33H38ClN3O5/c1-7-19-37(31(40)27(35-32(41)42-33(4,5)6)20-23-13-17-25(38)18-14-23)29(24-15-11-21(2)12-16-24)30(39)36-28-22(3)9-8-10-26(28)34/h7-18,27,29,38H,1,19-20H2,2-6H3,(H,35,41)(H,36,39). The molecule has 0 radical (unpaired) electrons. The maximum atomic E-state index is 14.3. The number of carbonyl (C=O) groups is 3. The van der Waals surface area contributed by atoms with Crippen LogP contribution < -0.4 is 10.6 Å². The highest BCUT2D eigenvalue weighted by Gasteiger charge is 2.36. The van der Waals surface area contributed by atoms with Crippen LogP contribution in [0.4, 0.5) is 10.5 Å². The first kappa shape index (κ1) is 32.2. The number of amides is 3. The first-order valence-corrected chi connectivity index (χ1v) is 14.0. The highest BCUT2D eigenvalue weighted by atomic mass is 35.5. The van der Waals surface area contributed by atoms with Gasteiger partial charge in [0.2, 0.25) is 5.91 Å². The molecular weight excluding hydrogens is 554 g/mol. The molecule has 3 amide bonds. The minimum Gasteiger partial charge on any atom is -0.508 e. The van der Waals surface area contributed by atoms with E-state index in [1.807, 2.05) is 32.0 Å². The van der Waals surface area contributed by atoms with Crippen molar-refractivity contribution in [2.24, 2.45) is 0 Å². The monoisotopic (exact) mass is 591 g/mol. The number of hydrogen-bond donors (Lipinski definition) is 3. The molecule has 0 heterocycles. The number of carbonyl (C=O) groups excluding carboxylic acids is 3. The molecule has 222 valence electrons. The van der Waals surface area contributed by atoms with Gasteiger partial charge in [-0.2, -0.15) is 0 Å². The number of hydrogen-bond acceptors (Lipinski definition) is 5. The second-order valence-electron chi connectivity index (χ2n) is 11.1. The van der Waals surface area contributed by atoms with Crippen LogP contribution in [0.5, 0.6) is 5.75 Å². The lowest BCUT2D eigenvalue weighted by Crippen LogP contribution is -2.53. The average molecular weight is 592 g/mol. The Morgan fingerprint density at radius 2 is 1.67 bits per heavy atom. The van der Waals surface area contributed by atoms with Gasteiger partial charge in [-0.05, 0) is 69.5 Å². The first-order chi connectivity index (χ1) is 19.8. The number of ether oxygens (including phenoxy) is 1. The summed E-state index contributed by atoms with van der Waals surface area (Å²) in [5.74, 6) is -0.933. The number of para-hydroxylation sites is 1. The number of aryl methyl sites for hydroxylation is 2. The van der Waals surface area contributed by atoms with Crippen LogP contribution in [0.25, 0.3) is 0 Å². The van der Waals surface area contributed by atoms with E-state index in [1.54, 1.807) is 57.2 Å². The summed E-state index contributed by atoms with van der Waals surface area (Å²) in [6, 6.07) is 16.7. The zero-order chi connectivity index (χ0) is 31.0. The van der Waals surface area contributed by atoms with Gasteiger partial charge in [0, 0.05) is 13.0 Å². The van der Waals surface area contributed by atoms with Gasteiger partial charge in [-0.1, -0.05) is 71.8 Å². The van der Waals surface area contributed by atoms with E-state index >= 15 is 0 Å². The van der Waals surface area contributed by atoms with E-state index in [2.05, 4.69) is 17.2 Å². The van der Waals surface area contributed by atoms with Crippen LogP contribution >= 0.6 is 11.6 Å². The third-order valence-corrected chi connectivity index (χ3v) is 6.71. The fraction of sp³-hybridized carbons (Fsp3) is 0.303. The van der Waals surface area contributed by atoms with Crippen molar-refractivity contribution in [1.29, 1.82) is 0 Å². The van der Waals surface area contributed by atoms with Crippen LogP contribution in [0.1, 0.15) is 49.1 Å². The van der Waals surface area contributed by atoms with Gasteiger partial charge < -0.3 is 25.4 Å². The Labute approximate surface area is 252 Å². The normalized spacial score (nSPS) is 12.5. The van der Waals surface area contributed by atoms with Crippen LogP contribution in [-0.2, 0) is 20.7 Å². The minimum atomic E-state index is -1.10. The number of aromatic hydroxyl groups is 1. The van der Waals surface area contributed by atoms with Crippen molar-refractivity contribution in [3.05, 3.63) is 107 Å². The number of nitrogens with zero attached hydrogens (tertiary/aromatic N) is 1. The maximum absolute atomic E-state index is 14.3. The molecule has 0 aromatic heterocycles. The van der Waals surface area contributed by atoms with Gasteiger partial charge in [-0.25, -0.2) is 4.79 Å². The Kier molecular flexibility index (Phi) is 10.8. The van der Waals surface area contributed by atoms with E-state index in [0.29, 0.717) is 21.8 Å². The average Bonchev–Trinajstić information content (AvgIpc) is 2.91. The summed E-state index contributed by atoms with van der Waals surface area (Å²) in [5, 5.41) is 15.7. The van der Waals surface area contributed by atoms with Crippen molar-refractivity contribution in [2.45, 2.75) is 58.7 Å². The lowest BCUT2D eigenvalue weighted by Gasteiger charge is -2.34. The molecule has 42 heavy (non-hydrogen) atoms. The number of benzene rings is 3. The molecule has 0 saturated carbocycles. The number of alkyl carbamates (subject to hydrolysis) is 1. The Bertz CT molecular complexity index is 1390. The number of anilines is 1. The van der Waals surface area contributed by atoms with Crippen molar-refractivity contribution in [2.75, 3.05) is 11.9 Å². The number of nitrogens with one attached hydrogen (secondary N) is 2. The van der Waals surface area contributed by atoms with Gasteiger partial charge in [-0.3, -0.25) is 9.59 Å². The lowest BCUT2D eigenvalue weighted by atomic mass is 9.99. The second-order valence-corrected chi connectivity index (χ2v) is 11.5. The molecule has 8 nitrogen and oxygen atoms in total. The van der Waals surface area contributed by atoms with Crippen LogP contribution in [0, 0.1) is 13.8 Å². The van der Waals surface area contributed by atoms with E-state index in [0.717, 1.165) is 11.1 Å². The first-order valence-electron chi connectivity index (χ1n) is 13.6. The quantitative estimate of drug-likeness (QED) is 0.233. The third-order valence-electron chi connectivity index (χ3n) is 6.40. The molecular formula is C33H38ClN3O5. The van der Waals surface area contributed by atoms with Crippen molar-refractivity contribution in [3.63, 3.8) is 0 Å². The SMILES string of the molecule is C=CCN(C(=O)C(Cc1ccc(O)cc1)NC(=O)OC(C)(C)C)C(C(=O)Nc1c(C)cccc1Cl)c1ccc(C)cc1. The van der Waals surface area contributed by atoms with Gasteiger partial charge in [0.25, 0.3) is 5.91 Å². The fourth-order valence-electron chi connectivity index (χ4n) is 4.38. The summed E-state index contributed by atoms with van der Waals surface area (Å²) in [6.45, 7) is 12.8. The van der Waals surface area contributed by atoms with Gasteiger partial charge in [-0.15, -0.1) is 6.58 Å². The molecule has 0 spiro atoms. The topological polar surface area (TPSA) is 108 Å². The Morgan fingerprint density at radius 1 is 1.02 bits per heavy atom. The molecule has 0 aliphatic carbocycles. The van der Waals surface area contributed by atoms with Crippen LogP contribution in [-0.4, -0.2) is 46.1 Å². The van der Waals surface area contributed by atoms with Gasteiger partial charge in [0.15, 0.2) is 0 Å². The van der Waals surface area contributed by atoms with Crippen LogP contribution in [0.2, 0.25) is 5.02 Å². The summed E-state index contributed by atoms with van der Waals surface area (Å²) < 4.78 is 5.45. The molecule has 0 fully saturated rings. The molecule has 3 rings (SSSR count). The molecule has 2 atom stereocenters. The Morgan fingerprint density at radius 3 is 2.24 bits per heavy atom. The number of phenols is 1. The fourth-order valence-corrected chi connectivity index (χ4v) is 4.65. The van der Waals surface area contributed by atoms with E-state index in [4.69, 9.17) is 16.3 Å². The molecule has 2 unspecified atom stereocenters. The van der Waals surface area contributed by atoms with Crippen molar-refractivity contribution >= 4 is 35.2 Å². The van der Waals surface area contributed by atoms with E-state index < -0.39 is 35.6 Å². The zero-order valence-electron chi connectivity index (χ0n) is 24.6. The Hall–Kier alpha value is -4.30.